The van der Waals surface area contributed by atoms with E-state index >= 15 is 0 Å². The first-order valence-corrected chi connectivity index (χ1v) is 5.98. The molecule has 0 spiro atoms. The van der Waals surface area contributed by atoms with Gasteiger partial charge in [-0.25, -0.2) is 0 Å². The third-order valence-corrected chi connectivity index (χ3v) is 2.75. The fourth-order valence-electron chi connectivity index (χ4n) is 1.93. The van der Waals surface area contributed by atoms with Crippen LogP contribution in [-0.2, 0) is 0 Å². The van der Waals surface area contributed by atoms with Crippen LogP contribution in [0.1, 0.15) is 43.9 Å². The second-order valence-electron chi connectivity index (χ2n) is 3.93. The summed E-state index contributed by atoms with van der Waals surface area (Å²) in [7, 11) is 0. The molecule has 0 heterocycles. The van der Waals surface area contributed by atoms with Gasteiger partial charge in [0.05, 0.1) is 0 Å². The minimum atomic E-state index is 0.437. The van der Waals surface area contributed by atoms with Crippen molar-refractivity contribution < 1.29 is 0 Å². The van der Waals surface area contributed by atoms with Crippen LogP contribution in [0.4, 0.5) is 0 Å². The van der Waals surface area contributed by atoms with Crippen molar-refractivity contribution in [3.05, 3.63) is 35.4 Å². The quantitative estimate of drug-likeness (QED) is 0.742. The Bertz CT molecular complexity index is 371. The molecule has 0 amide bonds. The third-order valence-electron chi connectivity index (χ3n) is 2.75. The van der Waals surface area contributed by atoms with E-state index in [2.05, 4.69) is 55.3 Å². The van der Waals surface area contributed by atoms with E-state index in [4.69, 9.17) is 0 Å². The first kappa shape index (κ1) is 12.8. The number of aryl methyl sites for hydroxylation is 1. The van der Waals surface area contributed by atoms with E-state index in [0.717, 1.165) is 19.4 Å². The molecule has 16 heavy (non-hydrogen) atoms. The van der Waals surface area contributed by atoms with Crippen LogP contribution in [0.3, 0.4) is 0 Å². The normalized spacial score (nSPS) is 11.7. The van der Waals surface area contributed by atoms with E-state index < -0.39 is 0 Å². The van der Waals surface area contributed by atoms with Crippen molar-refractivity contribution in [2.45, 2.75) is 39.7 Å². The Morgan fingerprint density at radius 1 is 1.31 bits per heavy atom. The molecule has 1 heteroatoms. The molecular weight excluding hydrogens is 194 g/mol. The maximum Gasteiger partial charge on any atom is 0.0331 e. The fraction of sp³-hybridized carbons (Fsp3) is 0.467. The monoisotopic (exact) mass is 215 g/mol. The second kappa shape index (κ2) is 7.09. The average molecular weight is 215 g/mol. The summed E-state index contributed by atoms with van der Waals surface area (Å²) in [6.07, 6.45) is 2.04. The van der Waals surface area contributed by atoms with Gasteiger partial charge in [0, 0.05) is 12.5 Å². The van der Waals surface area contributed by atoms with Crippen LogP contribution in [0.2, 0.25) is 0 Å². The molecule has 0 fully saturated rings. The molecule has 0 saturated carbocycles. The van der Waals surface area contributed by atoms with Crippen LogP contribution in [0.5, 0.6) is 0 Å². The SMILES string of the molecule is CC#CCCC(NCC)c1ccccc1C. The Hall–Kier alpha value is -1.26. The molecule has 1 unspecified atom stereocenters. The van der Waals surface area contributed by atoms with Crippen LogP contribution < -0.4 is 5.32 Å². The summed E-state index contributed by atoms with van der Waals surface area (Å²) >= 11 is 0. The number of nitrogens with one attached hydrogen (secondary N) is 1. The lowest BCUT2D eigenvalue weighted by Crippen LogP contribution is -2.21. The Morgan fingerprint density at radius 3 is 2.69 bits per heavy atom. The van der Waals surface area contributed by atoms with Gasteiger partial charge in [-0.05, 0) is 37.9 Å². The zero-order valence-electron chi connectivity index (χ0n) is 10.5. The maximum absolute atomic E-state index is 3.53. The van der Waals surface area contributed by atoms with Crippen molar-refractivity contribution >= 4 is 0 Å². The highest BCUT2D eigenvalue weighted by Gasteiger charge is 2.10. The lowest BCUT2D eigenvalue weighted by Gasteiger charge is -2.19. The summed E-state index contributed by atoms with van der Waals surface area (Å²) in [6, 6.07) is 9.02. The van der Waals surface area contributed by atoms with Gasteiger partial charge in [-0.1, -0.05) is 31.2 Å². The van der Waals surface area contributed by atoms with Crippen molar-refractivity contribution in [3.8, 4) is 11.8 Å². The molecule has 0 saturated heterocycles. The van der Waals surface area contributed by atoms with E-state index in [-0.39, 0.29) is 0 Å². The molecule has 0 aliphatic heterocycles. The fourth-order valence-corrected chi connectivity index (χ4v) is 1.93. The minimum Gasteiger partial charge on any atom is -0.310 e. The molecule has 1 nitrogen and oxygen atoms in total. The average Bonchev–Trinajstić information content (AvgIpc) is 2.29. The minimum absolute atomic E-state index is 0.437. The van der Waals surface area contributed by atoms with Gasteiger partial charge in [0.25, 0.3) is 0 Å². The van der Waals surface area contributed by atoms with Crippen molar-refractivity contribution in [3.63, 3.8) is 0 Å². The third kappa shape index (κ3) is 3.72. The van der Waals surface area contributed by atoms with Gasteiger partial charge in [0.2, 0.25) is 0 Å². The van der Waals surface area contributed by atoms with Crippen molar-refractivity contribution in [2.24, 2.45) is 0 Å². The standard InChI is InChI=1S/C15H21N/c1-4-6-7-12-15(16-5-2)14-11-9-8-10-13(14)3/h8-11,15-16H,5,7,12H2,1-3H3. The lowest BCUT2D eigenvalue weighted by atomic mass is 9.97. The summed E-state index contributed by atoms with van der Waals surface area (Å²) in [5.41, 5.74) is 2.76. The summed E-state index contributed by atoms with van der Waals surface area (Å²) < 4.78 is 0. The van der Waals surface area contributed by atoms with Gasteiger partial charge in [-0.3, -0.25) is 0 Å². The van der Waals surface area contributed by atoms with Crippen molar-refractivity contribution in [1.82, 2.24) is 5.32 Å². The molecule has 86 valence electrons. The van der Waals surface area contributed by atoms with Gasteiger partial charge in [0.15, 0.2) is 0 Å². The van der Waals surface area contributed by atoms with Gasteiger partial charge >= 0.3 is 0 Å². The number of rotatable bonds is 5. The lowest BCUT2D eigenvalue weighted by molar-refractivity contribution is 0.520. The molecule has 0 radical (unpaired) electrons. The highest BCUT2D eigenvalue weighted by Crippen LogP contribution is 2.21. The largest absolute Gasteiger partial charge is 0.310 e. The molecular formula is C15H21N. The van der Waals surface area contributed by atoms with E-state index in [1.165, 1.54) is 11.1 Å². The van der Waals surface area contributed by atoms with E-state index in [0.29, 0.717) is 6.04 Å². The smallest absolute Gasteiger partial charge is 0.0331 e. The predicted molar refractivity (Wildman–Crippen MR) is 70.3 cm³/mol. The van der Waals surface area contributed by atoms with Gasteiger partial charge in [0.1, 0.15) is 0 Å². The predicted octanol–water partition coefficient (Wildman–Crippen LogP) is 3.45. The van der Waals surface area contributed by atoms with E-state index in [9.17, 15) is 0 Å². The van der Waals surface area contributed by atoms with Crippen molar-refractivity contribution in [1.29, 1.82) is 0 Å². The molecule has 1 rings (SSSR count). The maximum atomic E-state index is 3.53. The van der Waals surface area contributed by atoms with Crippen molar-refractivity contribution in [2.75, 3.05) is 6.54 Å². The second-order valence-corrected chi connectivity index (χ2v) is 3.93. The highest BCUT2D eigenvalue weighted by molar-refractivity contribution is 5.28. The molecule has 0 aromatic heterocycles. The number of benzene rings is 1. The van der Waals surface area contributed by atoms with Gasteiger partial charge < -0.3 is 5.32 Å². The van der Waals surface area contributed by atoms with Crippen LogP contribution >= 0.6 is 0 Å². The molecule has 0 bridgehead atoms. The summed E-state index contributed by atoms with van der Waals surface area (Å²) in [5.74, 6) is 6.09. The molecule has 1 aromatic rings. The first-order chi connectivity index (χ1) is 7.79. The van der Waals surface area contributed by atoms with Crippen LogP contribution in [0.15, 0.2) is 24.3 Å². The topological polar surface area (TPSA) is 12.0 Å². The number of hydrogen-bond donors (Lipinski definition) is 1. The van der Waals surface area contributed by atoms with Crippen LogP contribution in [0, 0.1) is 18.8 Å². The molecule has 1 atom stereocenters. The van der Waals surface area contributed by atoms with Crippen LogP contribution in [0.25, 0.3) is 0 Å². The summed E-state index contributed by atoms with van der Waals surface area (Å²) in [4.78, 5) is 0. The zero-order valence-corrected chi connectivity index (χ0v) is 10.5. The zero-order chi connectivity index (χ0) is 11.8. The first-order valence-electron chi connectivity index (χ1n) is 5.98. The Balaban J connectivity index is 2.75. The Labute approximate surface area is 99.3 Å². The summed E-state index contributed by atoms with van der Waals surface area (Å²) in [5, 5.41) is 3.53. The molecule has 0 aliphatic rings. The van der Waals surface area contributed by atoms with Gasteiger partial charge in [-0.15, -0.1) is 11.8 Å². The molecule has 0 aliphatic carbocycles. The van der Waals surface area contributed by atoms with E-state index in [1.807, 2.05) is 6.92 Å². The van der Waals surface area contributed by atoms with Crippen LogP contribution in [-0.4, -0.2) is 6.54 Å². The summed E-state index contributed by atoms with van der Waals surface area (Å²) in [6.45, 7) is 7.22. The van der Waals surface area contributed by atoms with Gasteiger partial charge in [-0.2, -0.15) is 0 Å². The Kier molecular flexibility index (Phi) is 5.67. The molecule has 1 aromatic carbocycles. The van der Waals surface area contributed by atoms with E-state index in [1.54, 1.807) is 0 Å². The Morgan fingerprint density at radius 2 is 2.06 bits per heavy atom. The molecule has 1 N–H and O–H groups in total. The highest BCUT2D eigenvalue weighted by atomic mass is 14.9. The number of hydrogen-bond acceptors (Lipinski definition) is 1.